The first-order chi connectivity index (χ1) is 21.0. The maximum atomic E-state index is 10.8. The van der Waals surface area contributed by atoms with Crippen molar-refractivity contribution in [1.29, 1.82) is 0 Å². The number of benzene rings is 5. The van der Waals surface area contributed by atoms with Gasteiger partial charge in [-0.05, 0) is 65.1 Å². The van der Waals surface area contributed by atoms with Gasteiger partial charge in [-0.25, -0.2) is 4.98 Å². The Morgan fingerprint density at radius 1 is 0.625 bits per heavy atom. The SMILES string of the molecule is [2H]c1cccc(O)c1-c1nc2c(-c3cccc(-c4ncc([2H])c(-c5ccccc5)c4[2H])c3)cccc2n1-c1ccccc1. The molecule has 190 valence electrons. The van der Waals surface area contributed by atoms with Gasteiger partial charge in [-0.15, -0.1) is 0 Å². The Kier molecular flexibility index (Phi) is 5.12. The number of pyridine rings is 1. The summed E-state index contributed by atoms with van der Waals surface area (Å²) in [5.41, 5.74) is 7.10. The van der Waals surface area contributed by atoms with E-state index >= 15 is 0 Å². The summed E-state index contributed by atoms with van der Waals surface area (Å²) in [6.45, 7) is 0. The molecule has 0 saturated carbocycles. The van der Waals surface area contributed by atoms with Crippen LogP contribution < -0.4 is 0 Å². The minimum Gasteiger partial charge on any atom is -0.507 e. The molecular formula is C36H25N3O. The van der Waals surface area contributed by atoms with Crippen molar-refractivity contribution in [3.8, 4) is 56.3 Å². The predicted molar refractivity (Wildman–Crippen MR) is 162 cm³/mol. The molecule has 0 amide bonds. The highest BCUT2D eigenvalue weighted by molar-refractivity contribution is 5.96. The zero-order chi connectivity index (χ0) is 29.5. The largest absolute Gasteiger partial charge is 0.507 e. The average Bonchev–Trinajstić information content (AvgIpc) is 3.41. The van der Waals surface area contributed by atoms with Crippen molar-refractivity contribution in [2.45, 2.75) is 0 Å². The number of aromatic hydroxyl groups is 1. The predicted octanol–water partition coefficient (Wildman–Crippen LogP) is 8.79. The van der Waals surface area contributed by atoms with E-state index in [1.54, 1.807) is 18.2 Å². The highest BCUT2D eigenvalue weighted by Gasteiger charge is 2.19. The summed E-state index contributed by atoms with van der Waals surface area (Å²) in [5.74, 6) is 0.464. The summed E-state index contributed by atoms with van der Waals surface area (Å²) in [4.78, 5) is 9.55. The van der Waals surface area contributed by atoms with Gasteiger partial charge in [-0.1, -0.05) is 91.0 Å². The second-order valence-corrected chi connectivity index (χ2v) is 9.41. The fourth-order valence-electron chi connectivity index (χ4n) is 5.03. The van der Waals surface area contributed by atoms with Crippen LogP contribution in [-0.4, -0.2) is 19.6 Å². The molecule has 2 aromatic heterocycles. The quantitative estimate of drug-likeness (QED) is 0.248. The second-order valence-electron chi connectivity index (χ2n) is 9.41. The van der Waals surface area contributed by atoms with E-state index in [1.165, 1.54) is 6.20 Å². The molecule has 0 fully saturated rings. The number of fused-ring (bicyclic) bond motifs is 1. The van der Waals surface area contributed by atoms with Crippen molar-refractivity contribution in [2.75, 3.05) is 0 Å². The van der Waals surface area contributed by atoms with Gasteiger partial charge in [0.1, 0.15) is 11.6 Å². The summed E-state index contributed by atoms with van der Waals surface area (Å²) in [6.07, 6.45) is 1.50. The first kappa shape index (κ1) is 20.5. The Morgan fingerprint density at radius 3 is 2.17 bits per heavy atom. The molecule has 0 atom stereocenters. The lowest BCUT2D eigenvalue weighted by molar-refractivity contribution is 0.477. The molecule has 40 heavy (non-hydrogen) atoms. The number of hydrogen-bond donors (Lipinski definition) is 1. The first-order valence-corrected chi connectivity index (χ1v) is 13.0. The van der Waals surface area contributed by atoms with Crippen LogP contribution in [0.3, 0.4) is 0 Å². The summed E-state index contributed by atoms with van der Waals surface area (Å²) < 4.78 is 28.0. The third kappa shape index (κ3) is 4.22. The standard InChI is InChI=1S/C36H25N3O/c40-34-20-8-7-17-31(34)36-38-35-30(18-10-19-33(35)39(36)29-15-5-2-6-16-29)27-13-9-14-28(23-27)32-24-26(21-22-37-32)25-11-3-1-4-12-25/h1-24,40H/i17D,21D,24D. The van der Waals surface area contributed by atoms with Crippen LogP contribution in [0.2, 0.25) is 0 Å². The number of hydrogen-bond acceptors (Lipinski definition) is 3. The van der Waals surface area contributed by atoms with Crippen LogP contribution in [0, 0.1) is 0 Å². The van der Waals surface area contributed by atoms with Gasteiger partial charge in [-0.2, -0.15) is 0 Å². The van der Waals surface area contributed by atoms with Gasteiger partial charge in [0.15, 0.2) is 0 Å². The summed E-state index contributed by atoms with van der Waals surface area (Å²) in [7, 11) is 0. The molecule has 4 nitrogen and oxygen atoms in total. The number of aromatic nitrogens is 3. The molecule has 0 bridgehead atoms. The Balaban J connectivity index is 1.43. The van der Waals surface area contributed by atoms with Crippen LogP contribution in [-0.2, 0) is 0 Å². The Morgan fingerprint density at radius 2 is 1.35 bits per heavy atom. The average molecular weight is 519 g/mol. The molecule has 1 N–H and O–H groups in total. The third-order valence-corrected chi connectivity index (χ3v) is 6.91. The molecule has 0 saturated heterocycles. The van der Waals surface area contributed by atoms with E-state index in [0.717, 1.165) is 33.5 Å². The summed E-state index contributed by atoms with van der Waals surface area (Å²) in [6, 6.07) is 38.6. The topological polar surface area (TPSA) is 50.9 Å². The molecular weight excluding hydrogens is 490 g/mol. The van der Waals surface area contributed by atoms with E-state index in [9.17, 15) is 5.11 Å². The van der Waals surface area contributed by atoms with Crippen LogP contribution in [0.15, 0.2) is 146 Å². The van der Waals surface area contributed by atoms with Crippen LogP contribution in [0.4, 0.5) is 0 Å². The van der Waals surface area contributed by atoms with Crippen LogP contribution >= 0.6 is 0 Å². The highest BCUT2D eigenvalue weighted by Crippen LogP contribution is 2.38. The molecule has 0 spiro atoms. The Bertz CT molecular complexity index is 2110. The number of rotatable bonds is 5. The van der Waals surface area contributed by atoms with E-state index in [1.807, 2.05) is 108 Å². The lowest BCUT2D eigenvalue weighted by atomic mass is 9.99. The number of imidazole rings is 1. The van der Waals surface area contributed by atoms with Gasteiger partial charge in [0.2, 0.25) is 0 Å². The van der Waals surface area contributed by atoms with Crippen molar-refractivity contribution < 1.29 is 9.22 Å². The molecule has 4 heteroatoms. The molecule has 7 rings (SSSR count). The van der Waals surface area contributed by atoms with Gasteiger partial charge in [0.25, 0.3) is 0 Å². The Labute approximate surface area is 236 Å². The van der Waals surface area contributed by atoms with Gasteiger partial charge < -0.3 is 5.11 Å². The molecule has 0 radical (unpaired) electrons. The molecule has 0 aliphatic carbocycles. The zero-order valence-electron chi connectivity index (χ0n) is 24.4. The van der Waals surface area contributed by atoms with E-state index in [0.29, 0.717) is 28.2 Å². The van der Waals surface area contributed by atoms with E-state index in [4.69, 9.17) is 9.10 Å². The molecule has 0 aliphatic rings. The number of nitrogens with zero attached hydrogens (tertiary/aromatic N) is 3. The number of phenolic OH excluding ortho intramolecular Hbond substituents is 1. The third-order valence-electron chi connectivity index (χ3n) is 6.91. The van der Waals surface area contributed by atoms with Crippen molar-refractivity contribution >= 4 is 11.0 Å². The highest BCUT2D eigenvalue weighted by atomic mass is 16.3. The van der Waals surface area contributed by atoms with Crippen molar-refractivity contribution in [3.63, 3.8) is 0 Å². The fraction of sp³-hybridized carbons (Fsp3) is 0. The number of para-hydroxylation sites is 3. The van der Waals surface area contributed by atoms with Gasteiger partial charge in [-0.3, -0.25) is 9.55 Å². The molecule has 2 heterocycles. The molecule has 7 aromatic rings. The molecule has 5 aromatic carbocycles. The fourth-order valence-corrected chi connectivity index (χ4v) is 5.03. The number of phenols is 1. The van der Waals surface area contributed by atoms with Crippen LogP contribution in [0.25, 0.3) is 61.6 Å². The van der Waals surface area contributed by atoms with Gasteiger partial charge in [0, 0.05) is 23.0 Å². The Hall–Kier alpha value is -5.48. The van der Waals surface area contributed by atoms with Gasteiger partial charge >= 0.3 is 0 Å². The van der Waals surface area contributed by atoms with E-state index < -0.39 is 0 Å². The van der Waals surface area contributed by atoms with Crippen molar-refractivity contribution in [2.24, 2.45) is 0 Å². The summed E-state index contributed by atoms with van der Waals surface area (Å²) >= 11 is 0. The van der Waals surface area contributed by atoms with E-state index in [2.05, 4.69) is 4.98 Å². The van der Waals surface area contributed by atoms with Crippen LogP contribution in [0.1, 0.15) is 4.11 Å². The van der Waals surface area contributed by atoms with E-state index in [-0.39, 0.29) is 23.9 Å². The maximum absolute atomic E-state index is 10.8. The summed E-state index contributed by atoms with van der Waals surface area (Å²) in [5, 5.41) is 10.8. The smallest absolute Gasteiger partial charge is 0.149 e. The normalized spacial score (nSPS) is 12.2. The van der Waals surface area contributed by atoms with Crippen molar-refractivity contribution in [1.82, 2.24) is 14.5 Å². The minimum absolute atomic E-state index is 0.00959. The lowest BCUT2D eigenvalue weighted by Gasteiger charge is -2.11. The minimum atomic E-state index is -0.00959. The first-order valence-electron chi connectivity index (χ1n) is 14.5. The van der Waals surface area contributed by atoms with Gasteiger partial charge in [0.05, 0.1) is 26.4 Å². The molecule has 0 aliphatic heterocycles. The maximum Gasteiger partial charge on any atom is 0.149 e. The zero-order valence-corrected chi connectivity index (χ0v) is 21.4. The second kappa shape index (κ2) is 10.0. The van der Waals surface area contributed by atoms with Crippen LogP contribution in [0.5, 0.6) is 5.75 Å². The monoisotopic (exact) mass is 518 g/mol. The van der Waals surface area contributed by atoms with Crippen molar-refractivity contribution in [3.05, 3.63) is 146 Å². The lowest BCUT2D eigenvalue weighted by Crippen LogP contribution is -1.97. The molecule has 0 unspecified atom stereocenters.